The molecule has 0 spiro atoms. The fourth-order valence-corrected chi connectivity index (χ4v) is 3.69. The minimum absolute atomic E-state index is 0.118. The summed E-state index contributed by atoms with van der Waals surface area (Å²) in [7, 11) is 5.74. The van der Waals surface area contributed by atoms with Crippen LogP contribution in [0.2, 0.25) is 5.02 Å². The zero-order chi connectivity index (χ0) is 19.4. The third-order valence-electron chi connectivity index (χ3n) is 5.17. The number of piperazine rings is 1. The first kappa shape index (κ1) is 19.7. The Morgan fingerprint density at radius 2 is 1.96 bits per heavy atom. The quantitative estimate of drug-likeness (QED) is 0.822. The highest BCUT2D eigenvalue weighted by Gasteiger charge is 2.26. The fraction of sp³-hybridized carbons (Fsp3) is 0.450. The van der Waals surface area contributed by atoms with E-state index in [9.17, 15) is 4.79 Å². The number of aromatic nitrogens is 1. The molecule has 1 saturated heterocycles. The molecular formula is C20H27ClN4O2. The topological polar surface area (TPSA) is 49.7 Å². The van der Waals surface area contributed by atoms with Gasteiger partial charge in [0.25, 0.3) is 5.91 Å². The van der Waals surface area contributed by atoms with Crippen LogP contribution in [0.3, 0.4) is 0 Å². The molecule has 1 amide bonds. The Hall–Kier alpha value is -2.02. The van der Waals surface area contributed by atoms with Crippen molar-refractivity contribution in [3.63, 3.8) is 0 Å². The minimum atomic E-state index is -0.178. The van der Waals surface area contributed by atoms with Crippen LogP contribution < -0.4 is 10.1 Å². The molecule has 2 heterocycles. The Labute approximate surface area is 165 Å². The fourth-order valence-electron chi connectivity index (χ4n) is 3.52. The number of ether oxygens (including phenoxy) is 1. The molecule has 0 aliphatic carbocycles. The van der Waals surface area contributed by atoms with E-state index in [1.807, 2.05) is 19.3 Å². The molecule has 0 radical (unpaired) electrons. The van der Waals surface area contributed by atoms with Crippen molar-refractivity contribution in [2.24, 2.45) is 7.05 Å². The minimum Gasteiger partial charge on any atom is -0.496 e. The summed E-state index contributed by atoms with van der Waals surface area (Å²) in [6.07, 6.45) is 2.04. The Balaban J connectivity index is 1.76. The van der Waals surface area contributed by atoms with Gasteiger partial charge in [-0.05, 0) is 37.4 Å². The van der Waals surface area contributed by atoms with Crippen LogP contribution in [0.25, 0.3) is 0 Å². The number of rotatable bonds is 6. The molecule has 1 aliphatic rings. The van der Waals surface area contributed by atoms with E-state index < -0.39 is 0 Å². The zero-order valence-electron chi connectivity index (χ0n) is 16.1. The van der Waals surface area contributed by atoms with Gasteiger partial charge < -0.3 is 19.5 Å². The van der Waals surface area contributed by atoms with Crippen LogP contribution in [0.4, 0.5) is 0 Å². The lowest BCUT2D eigenvalue weighted by molar-refractivity contribution is 0.0875. The van der Waals surface area contributed by atoms with Crippen LogP contribution in [-0.2, 0) is 7.05 Å². The molecule has 0 bridgehead atoms. The summed E-state index contributed by atoms with van der Waals surface area (Å²) in [6, 6.07) is 9.35. The molecule has 2 aromatic rings. The zero-order valence-corrected chi connectivity index (χ0v) is 16.9. The summed E-state index contributed by atoms with van der Waals surface area (Å²) < 4.78 is 7.43. The molecule has 146 valence electrons. The standard InChI is InChI=1S/C20H27ClN4O2/c1-23-9-11-25(12-10-23)18(17-5-4-8-24(17)2)14-22-20(26)16-13-15(21)6-7-19(16)27-3/h4-8,13,18H,9-12,14H2,1-3H3,(H,22,26). The molecule has 1 atom stereocenters. The second-order valence-corrected chi connectivity index (χ2v) is 7.39. The van der Waals surface area contributed by atoms with Gasteiger partial charge in [0.05, 0.1) is 18.7 Å². The van der Waals surface area contributed by atoms with Crippen LogP contribution in [0.1, 0.15) is 22.1 Å². The number of nitrogens with zero attached hydrogens (tertiary/aromatic N) is 3. The normalized spacial score (nSPS) is 16.9. The van der Waals surface area contributed by atoms with Gasteiger partial charge in [-0.15, -0.1) is 0 Å². The Morgan fingerprint density at radius 3 is 2.59 bits per heavy atom. The Kier molecular flexibility index (Phi) is 6.42. The van der Waals surface area contributed by atoms with E-state index in [-0.39, 0.29) is 11.9 Å². The van der Waals surface area contributed by atoms with Gasteiger partial charge >= 0.3 is 0 Å². The van der Waals surface area contributed by atoms with Crippen molar-refractivity contribution in [1.82, 2.24) is 19.7 Å². The van der Waals surface area contributed by atoms with Crippen molar-refractivity contribution in [3.05, 3.63) is 52.8 Å². The summed E-state index contributed by atoms with van der Waals surface area (Å²) in [6.45, 7) is 4.52. The van der Waals surface area contributed by atoms with E-state index >= 15 is 0 Å². The maximum atomic E-state index is 12.8. The molecule has 6 nitrogen and oxygen atoms in total. The number of likely N-dealkylation sites (N-methyl/N-ethyl adjacent to an activating group) is 1. The van der Waals surface area contributed by atoms with Crippen molar-refractivity contribution in [1.29, 1.82) is 0 Å². The van der Waals surface area contributed by atoms with Gasteiger partial charge in [-0.2, -0.15) is 0 Å². The second-order valence-electron chi connectivity index (χ2n) is 6.95. The predicted molar refractivity (Wildman–Crippen MR) is 108 cm³/mol. The van der Waals surface area contributed by atoms with Crippen LogP contribution in [0, 0.1) is 0 Å². The highest BCUT2D eigenvalue weighted by Crippen LogP contribution is 2.24. The first-order valence-electron chi connectivity index (χ1n) is 9.15. The molecule has 0 saturated carbocycles. The van der Waals surface area contributed by atoms with Crippen molar-refractivity contribution in [3.8, 4) is 5.75 Å². The molecule has 7 heteroatoms. The van der Waals surface area contributed by atoms with E-state index in [2.05, 4.69) is 32.8 Å². The van der Waals surface area contributed by atoms with Crippen molar-refractivity contribution < 1.29 is 9.53 Å². The number of methoxy groups -OCH3 is 1. The number of amides is 1. The van der Waals surface area contributed by atoms with Gasteiger partial charge in [0, 0.05) is 56.7 Å². The SMILES string of the molecule is COc1ccc(Cl)cc1C(=O)NCC(c1cccn1C)N1CCN(C)CC1. The third kappa shape index (κ3) is 4.64. The molecule has 1 N–H and O–H groups in total. The molecule has 1 fully saturated rings. The summed E-state index contributed by atoms with van der Waals surface area (Å²) in [4.78, 5) is 17.5. The second kappa shape index (κ2) is 8.78. The lowest BCUT2D eigenvalue weighted by Crippen LogP contribution is -2.48. The highest BCUT2D eigenvalue weighted by molar-refractivity contribution is 6.31. The van der Waals surface area contributed by atoms with Crippen LogP contribution in [0.15, 0.2) is 36.5 Å². The number of hydrogen-bond acceptors (Lipinski definition) is 4. The summed E-state index contributed by atoms with van der Waals surface area (Å²) in [5.74, 6) is 0.342. The number of nitrogens with one attached hydrogen (secondary N) is 1. The van der Waals surface area contributed by atoms with E-state index in [0.29, 0.717) is 22.9 Å². The molecule has 1 aliphatic heterocycles. The Bertz CT molecular complexity index is 784. The number of carbonyl (C=O) groups is 1. The van der Waals surface area contributed by atoms with Gasteiger partial charge in [0.2, 0.25) is 0 Å². The number of hydrogen-bond donors (Lipinski definition) is 1. The number of benzene rings is 1. The smallest absolute Gasteiger partial charge is 0.255 e. The van der Waals surface area contributed by atoms with Crippen LogP contribution in [-0.4, -0.2) is 67.2 Å². The summed E-state index contributed by atoms with van der Waals surface area (Å²) in [5, 5.41) is 3.59. The predicted octanol–water partition coefficient (Wildman–Crippen LogP) is 2.41. The lowest BCUT2D eigenvalue weighted by atomic mass is 10.1. The molecule has 1 aromatic carbocycles. The summed E-state index contributed by atoms with van der Waals surface area (Å²) >= 11 is 6.07. The van der Waals surface area contributed by atoms with E-state index in [4.69, 9.17) is 16.3 Å². The Morgan fingerprint density at radius 1 is 1.22 bits per heavy atom. The number of aryl methyl sites for hydroxylation is 1. The highest BCUT2D eigenvalue weighted by atomic mass is 35.5. The van der Waals surface area contributed by atoms with E-state index in [1.165, 1.54) is 5.69 Å². The maximum absolute atomic E-state index is 12.8. The van der Waals surface area contributed by atoms with Gasteiger partial charge in [0.15, 0.2) is 0 Å². The first-order valence-corrected chi connectivity index (χ1v) is 9.53. The largest absolute Gasteiger partial charge is 0.496 e. The van der Waals surface area contributed by atoms with Gasteiger partial charge in [-0.25, -0.2) is 0 Å². The first-order chi connectivity index (χ1) is 13.0. The average Bonchev–Trinajstić information content (AvgIpc) is 3.09. The maximum Gasteiger partial charge on any atom is 0.255 e. The van der Waals surface area contributed by atoms with E-state index in [1.54, 1.807) is 25.3 Å². The third-order valence-corrected chi connectivity index (χ3v) is 5.40. The number of halogens is 1. The van der Waals surface area contributed by atoms with Crippen LogP contribution in [0.5, 0.6) is 5.75 Å². The molecule has 1 unspecified atom stereocenters. The monoisotopic (exact) mass is 390 g/mol. The summed E-state index contributed by atoms with van der Waals surface area (Å²) in [5.41, 5.74) is 1.65. The number of carbonyl (C=O) groups excluding carboxylic acids is 1. The molecular weight excluding hydrogens is 364 g/mol. The van der Waals surface area contributed by atoms with Gasteiger partial charge in [-0.1, -0.05) is 11.6 Å². The molecule has 27 heavy (non-hydrogen) atoms. The van der Waals surface area contributed by atoms with Crippen molar-refractivity contribution >= 4 is 17.5 Å². The molecule has 3 rings (SSSR count). The lowest BCUT2D eigenvalue weighted by Gasteiger charge is -2.38. The molecule has 1 aromatic heterocycles. The van der Waals surface area contributed by atoms with Gasteiger partial charge in [-0.3, -0.25) is 9.69 Å². The van der Waals surface area contributed by atoms with Crippen molar-refractivity contribution in [2.75, 3.05) is 46.9 Å². The van der Waals surface area contributed by atoms with Gasteiger partial charge in [0.1, 0.15) is 5.75 Å². The average molecular weight is 391 g/mol. The van der Waals surface area contributed by atoms with Crippen molar-refractivity contribution in [2.45, 2.75) is 6.04 Å². The van der Waals surface area contributed by atoms with E-state index in [0.717, 1.165) is 26.2 Å². The van der Waals surface area contributed by atoms with Crippen LogP contribution >= 0.6 is 11.6 Å².